The van der Waals surface area contributed by atoms with E-state index in [9.17, 15) is 0 Å². The Balaban J connectivity index is 2.04. The Morgan fingerprint density at radius 2 is 1.84 bits per heavy atom. The molecule has 0 saturated carbocycles. The van der Waals surface area contributed by atoms with Crippen molar-refractivity contribution in [1.29, 1.82) is 0 Å². The molecule has 2 saturated heterocycles. The maximum absolute atomic E-state index is 8.53. The van der Waals surface area contributed by atoms with E-state index in [2.05, 4.69) is 43.9 Å². The highest BCUT2D eigenvalue weighted by Crippen LogP contribution is 2.40. The second kappa shape index (κ2) is 5.07. The summed E-state index contributed by atoms with van der Waals surface area (Å²) in [4.78, 5) is 2.85. The van der Waals surface area contributed by atoms with Gasteiger partial charge in [-0.25, -0.2) is 0 Å². The van der Waals surface area contributed by atoms with E-state index in [0.717, 1.165) is 0 Å². The smallest absolute Gasteiger partial charge is 0.192 e. The molecule has 0 aliphatic carbocycles. The zero-order chi connectivity index (χ0) is 14.3. The predicted molar refractivity (Wildman–Crippen MR) is 74.5 cm³/mol. The fraction of sp³-hybridized carbons (Fsp3) is 1.00. The first-order valence-electron chi connectivity index (χ1n) is 6.71. The van der Waals surface area contributed by atoms with Crippen LogP contribution in [0.15, 0.2) is 5.11 Å². The Morgan fingerprint density at radius 1 is 1.21 bits per heavy atom. The molecule has 2 rings (SSSR count). The molecule has 2 aliphatic rings. The molecule has 7 heteroatoms. The summed E-state index contributed by atoms with van der Waals surface area (Å²) >= 11 is 0. The highest BCUT2D eigenvalue weighted by molar-refractivity contribution is 6.74. The lowest BCUT2D eigenvalue weighted by Crippen LogP contribution is -2.47. The number of hydrogen-bond acceptors (Lipinski definition) is 4. The molecule has 0 bridgehead atoms. The zero-order valence-corrected chi connectivity index (χ0v) is 13.3. The summed E-state index contributed by atoms with van der Waals surface area (Å²) in [6, 6.07) is -0.219. The molecule has 0 amide bonds. The Bertz CT molecular complexity index is 390. The topological polar surface area (TPSA) is 76.5 Å². The Labute approximate surface area is 115 Å². The van der Waals surface area contributed by atoms with Gasteiger partial charge >= 0.3 is 0 Å². The van der Waals surface area contributed by atoms with E-state index in [4.69, 9.17) is 19.4 Å². The van der Waals surface area contributed by atoms with E-state index in [0.29, 0.717) is 13.2 Å². The second-order valence-corrected chi connectivity index (χ2v) is 11.5. The molecule has 108 valence electrons. The first kappa shape index (κ1) is 14.8. The first-order valence-corrected chi connectivity index (χ1v) is 9.62. The zero-order valence-electron chi connectivity index (χ0n) is 12.3. The predicted octanol–water partition coefficient (Wildman–Crippen LogP) is 2.85. The second-order valence-electron chi connectivity index (χ2n) is 6.78. The van der Waals surface area contributed by atoms with Gasteiger partial charge in [0.1, 0.15) is 6.10 Å². The molecule has 19 heavy (non-hydrogen) atoms. The van der Waals surface area contributed by atoms with Crippen molar-refractivity contribution in [3.63, 3.8) is 0 Å². The molecule has 0 aromatic heterocycles. The molecular formula is C12H23N3O3Si. The van der Waals surface area contributed by atoms with E-state index in [1.807, 2.05) is 0 Å². The third-order valence-electron chi connectivity index (χ3n) is 4.43. The van der Waals surface area contributed by atoms with Gasteiger partial charge in [-0.3, -0.25) is 0 Å². The van der Waals surface area contributed by atoms with Crippen LogP contribution in [0, 0.1) is 0 Å². The molecule has 0 radical (unpaired) electrons. The van der Waals surface area contributed by atoms with E-state index in [1.54, 1.807) is 0 Å². The van der Waals surface area contributed by atoms with Gasteiger partial charge in [0.2, 0.25) is 0 Å². The summed E-state index contributed by atoms with van der Waals surface area (Å²) in [7, 11) is -1.83. The number of rotatable bonds is 3. The average Bonchev–Trinajstić information content (AvgIpc) is 2.82. The minimum Gasteiger partial charge on any atom is -0.409 e. The largest absolute Gasteiger partial charge is 0.409 e. The molecular weight excluding hydrogens is 262 g/mol. The quantitative estimate of drug-likeness (QED) is 0.346. The van der Waals surface area contributed by atoms with E-state index in [-0.39, 0.29) is 29.4 Å². The molecule has 4 atom stereocenters. The molecule has 0 unspecified atom stereocenters. The first-order chi connectivity index (χ1) is 8.76. The summed E-state index contributed by atoms with van der Waals surface area (Å²) in [6.07, 6.45) is -0.278. The van der Waals surface area contributed by atoms with Crippen molar-refractivity contribution in [2.75, 3.05) is 13.2 Å². The van der Waals surface area contributed by atoms with Crippen molar-refractivity contribution >= 4 is 8.32 Å². The molecule has 0 N–H and O–H groups in total. The van der Waals surface area contributed by atoms with Crippen LogP contribution in [0.3, 0.4) is 0 Å². The van der Waals surface area contributed by atoms with Gasteiger partial charge in [-0.1, -0.05) is 25.9 Å². The van der Waals surface area contributed by atoms with Gasteiger partial charge in [0.05, 0.1) is 31.5 Å². The van der Waals surface area contributed by atoms with Gasteiger partial charge in [0, 0.05) is 4.91 Å². The van der Waals surface area contributed by atoms with Gasteiger partial charge in [-0.2, -0.15) is 0 Å². The molecule has 0 aromatic rings. The van der Waals surface area contributed by atoms with E-state index < -0.39 is 8.32 Å². The van der Waals surface area contributed by atoms with Crippen molar-refractivity contribution in [1.82, 2.24) is 0 Å². The number of hydrogen-bond donors (Lipinski definition) is 0. The Hall–Kier alpha value is -0.593. The molecule has 0 spiro atoms. The third-order valence-corrected chi connectivity index (χ3v) is 8.94. The van der Waals surface area contributed by atoms with Gasteiger partial charge in [0.15, 0.2) is 8.32 Å². The standard InChI is InChI=1S/C12H23N3O3Si/c1-12(2,3)19(4,5)18-9-7-17-10-8(14-15-13)6-16-11(9)10/h8-11H,6-7H2,1-5H3/t8-,9+,10+,11-/m0/s1. The highest BCUT2D eigenvalue weighted by Gasteiger charge is 2.51. The van der Waals surface area contributed by atoms with Crippen LogP contribution in [0.25, 0.3) is 10.4 Å². The third kappa shape index (κ3) is 2.80. The van der Waals surface area contributed by atoms with Crippen LogP contribution < -0.4 is 0 Å². The normalized spacial score (nSPS) is 35.0. The fourth-order valence-electron chi connectivity index (χ4n) is 2.27. The van der Waals surface area contributed by atoms with Gasteiger partial charge in [-0.05, 0) is 23.7 Å². The van der Waals surface area contributed by atoms with Crippen LogP contribution in [-0.2, 0) is 13.9 Å². The van der Waals surface area contributed by atoms with Gasteiger partial charge in [-0.15, -0.1) is 0 Å². The lowest BCUT2D eigenvalue weighted by molar-refractivity contribution is 0.0242. The maximum atomic E-state index is 8.53. The van der Waals surface area contributed by atoms with Crippen LogP contribution in [0.1, 0.15) is 20.8 Å². The van der Waals surface area contributed by atoms with Crippen molar-refractivity contribution in [3.05, 3.63) is 10.4 Å². The van der Waals surface area contributed by atoms with Crippen LogP contribution in [0.5, 0.6) is 0 Å². The van der Waals surface area contributed by atoms with Crippen molar-refractivity contribution in [2.24, 2.45) is 5.11 Å². The summed E-state index contributed by atoms with van der Waals surface area (Å²) in [5.74, 6) is 0. The van der Waals surface area contributed by atoms with Crippen LogP contribution in [0.2, 0.25) is 18.1 Å². The molecule has 2 fully saturated rings. The van der Waals surface area contributed by atoms with E-state index in [1.165, 1.54) is 0 Å². The Kier molecular flexibility index (Phi) is 3.95. The monoisotopic (exact) mass is 285 g/mol. The van der Waals surface area contributed by atoms with E-state index >= 15 is 0 Å². The SMILES string of the molecule is CC(C)(C)[Si](C)(C)O[C@@H]1CO[C@H]2[C@H]1OC[C@@H]2N=[N+]=[N-]. The Morgan fingerprint density at radius 3 is 2.42 bits per heavy atom. The lowest BCUT2D eigenvalue weighted by atomic mass is 10.1. The fourth-order valence-corrected chi connectivity index (χ4v) is 3.58. The molecule has 2 heterocycles. The van der Waals surface area contributed by atoms with Crippen LogP contribution in [0.4, 0.5) is 0 Å². The van der Waals surface area contributed by atoms with Crippen LogP contribution >= 0.6 is 0 Å². The van der Waals surface area contributed by atoms with Crippen molar-refractivity contribution < 1.29 is 13.9 Å². The molecule has 0 aromatic carbocycles. The summed E-state index contributed by atoms with van der Waals surface area (Å²) in [6.45, 7) is 12.0. The molecule has 6 nitrogen and oxygen atoms in total. The van der Waals surface area contributed by atoms with Gasteiger partial charge < -0.3 is 13.9 Å². The number of ether oxygens (including phenoxy) is 2. The molecule has 2 aliphatic heterocycles. The number of azide groups is 1. The highest BCUT2D eigenvalue weighted by atomic mass is 28.4. The summed E-state index contributed by atoms with van der Waals surface area (Å²) < 4.78 is 17.8. The number of nitrogens with zero attached hydrogens (tertiary/aromatic N) is 3. The van der Waals surface area contributed by atoms with Crippen molar-refractivity contribution in [3.8, 4) is 0 Å². The van der Waals surface area contributed by atoms with Gasteiger partial charge in [0.25, 0.3) is 0 Å². The number of fused-ring (bicyclic) bond motifs is 1. The average molecular weight is 285 g/mol. The van der Waals surface area contributed by atoms with Crippen molar-refractivity contribution in [2.45, 2.75) is 63.3 Å². The maximum Gasteiger partial charge on any atom is 0.192 e. The summed E-state index contributed by atoms with van der Waals surface area (Å²) in [5, 5.41) is 3.89. The minimum atomic E-state index is -1.83. The summed E-state index contributed by atoms with van der Waals surface area (Å²) in [5.41, 5.74) is 8.53. The van der Waals surface area contributed by atoms with Crippen LogP contribution in [-0.4, -0.2) is 45.9 Å². The lowest BCUT2D eigenvalue weighted by Gasteiger charge is -2.39. The minimum absolute atomic E-state index is 0.0372.